The van der Waals surface area contributed by atoms with Crippen LogP contribution < -0.4 is 0 Å². The quantitative estimate of drug-likeness (QED) is 0.649. The van der Waals surface area contributed by atoms with Gasteiger partial charge in [0, 0.05) is 23.6 Å². The van der Waals surface area contributed by atoms with Gasteiger partial charge in [0.25, 0.3) is 5.78 Å². The number of carbonyl (C=O) groups excluding carboxylic acids is 1. The van der Waals surface area contributed by atoms with E-state index in [0.29, 0.717) is 17.4 Å². The number of carboxylic acid groups (broad SMARTS) is 1. The molecule has 0 aliphatic rings. The molecule has 0 spiro atoms. The van der Waals surface area contributed by atoms with Crippen LogP contribution in [0.25, 0.3) is 10.9 Å². The first-order valence-electron chi connectivity index (χ1n) is 5.41. The number of Topliss-reactive ketones (excluding diaryl/α,β-unsaturated/α-hetero) is 1. The Hall–Kier alpha value is -2.10. The van der Waals surface area contributed by atoms with Crippen LogP contribution >= 0.6 is 0 Å². The zero-order chi connectivity index (χ0) is 12.6. The number of nitrogens with zero attached hydrogens (tertiary/aromatic N) is 1. The van der Waals surface area contributed by atoms with Gasteiger partial charge in [-0.2, -0.15) is 0 Å². The molecule has 4 heteroatoms. The zero-order valence-corrected chi connectivity index (χ0v) is 9.73. The predicted molar refractivity (Wildman–Crippen MR) is 64.3 cm³/mol. The number of carbonyl (C=O) groups is 2. The van der Waals surface area contributed by atoms with E-state index in [-0.39, 0.29) is 0 Å². The van der Waals surface area contributed by atoms with Gasteiger partial charge in [-0.25, -0.2) is 4.79 Å². The highest BCUT2D eigenvalue weighted by atomic mass is 16.4. The van der Waals surface area contributed by atoms with Gasteiger partial charge in [0.2, 0.25) is 0 Å². The molecule has 0 amide bonds. The van der Waals surface area contributed by atoms with Gasteiger partial charge in [-0.15, -0.1) is 0 Å². The Balaban J connectivity index is 2.84. The highest BCUT2D eigenvalue weighted by molar-refractivity contribution is 6.42. The van der Waals surface area contributed by atoms with E-state index in [4.69, 9.17) is 5.11 Å². The van der Waals surface area contributed by atoms with Crippen molar-refractivity contribution in [1.29, 1.82) is 0 Å². The molecule has 0 aliphatic carbocycles. The maximum atomic E-state index is 11.7. The summed E-state index contributed by atoms with van der Waals surface area (Å²) in [5.74, 6) is -2.24. The summed E-state index contributed by atoms with van der Waals surface area (Å²) in [7, 11) is 1.85. The summed E-state index contributed by atoms with van der Waals surface area (Å²) >= 11 is 0. The molecule has 0 saturated carbocycles. The fraction of sp³-hybridized carbons (Fsp3) is 0.231. The lowest BCUT2D eigenvalue weighted by Gasteiger charge is -2.02. The molecule has 0 unspecified atom stereocenters. The lowest BCUT2D eigenvalue weighted by atomic mass is 10.1. The van der Waals surface area contributed by atoms with E-state index in [1.165, 1.54) is 0 Å². The maximum Gasteiger partial charge on any atom is 0.377 e. The molecule has 17 heavy (non-hydrogen) atoms. The minimum absolute atomic E-state index is 0.318. The molecule has 0 radical (unpaired) electrons. The number of hydrogen-bond acceptors (Lipinski definition) is 2. The summed E-state index contributed by atoms with van der Waals surface area (Å²) in [6, 6.07) is 7.34. The summed E-state index contributed by atoms with van der Waals surface area (Å²) < 4.78 is 1.88. The molecule has 1 aromatic heterocycles. The van der Waals surface area contributed by atoms with Gasteiger partial charge in [-0.05, 0) is 12.5 Å². The summed E-state index contributed by atoms with van der Waals surface area (Å²) in [5, 5.41) is 9.57. The van der Waals surface area contributed by atoms with Crippen LogP contribution in [0.3, 0.4) is 0 Å². The summed E-state index contributed by atoms with van der Waals surface area (Å²) in [6.07, 6.45) is 0.625. The second-order valence-corrected chi connectivity index (χ2v) is 3.89. The number of carboxylic acids is 1. The standard InChI is InChI=1S/C13H13NO3/c1-3-9-11(12(15)13(16)17)8-6-4-5-7-10(8)14(9)2/h4-7H,3H2,1-2H3,(H,16,17). The maximum absolute atomic E-state index is 11.7. The minimum Gasteiger partial charge on any atom is -0.475 e. The van der Waals surface area contributed by atoms with Crippen molar-refractivity contribution < 1.29 is 14.7 Å². The highest BCUT2D eigenvalue weighted by Crippen LogP contribution is 2.26. The number of benzene rings is 1. The van der Waals surface area contributed by atoms with Crippen molar-refractivity contribution >= 4 is 22.7 Å². The first-order chi connectivity index (χ1) is 8.07. The van der Waals surface area contributed by atoms with Crippen molar-refractivity contribution in [2.45, 2.75) is 13.3 Å². The van der Waals surface area contributed by atoms with Gasteiger partial charge in [0.05, 0.1) is 5.56 Å². The Kier molecular flexibility index (Phi) is 2.71. The normalized spacial score (nSPS) is 10.7. The van der Waals surface area contributed by atoms with E-state index in [9.17, 15) is 9.59 Å². The molecule has 4 nitrogen and oxygen atoms in total. The van der Waals surface area contributed by atoms with Crippen LogP contribution in [0.5, 0.6) is 0 Å². The van der Waals surface area contributed by atoms with Gasteiger partial charge < -0.3 is 9.67 Å². The summed E-state index contributed by atoms with van der Waals surface area (Å²) in [4.78, 5) is 22.6. The molecular formula is C13H13NO3. The zero-order valence-electron chi connectivity index (χ0n) is 9.73. The van der Waals surface area contributed by atoms with Crippen molar-refractivity contribution in [2.24, 2.45) is 7.05 Å². The van der Waals surface area contributed by atoms with Crippen LogP contribution in [0.15, 0.2) is 24.3 Å². The number of aliphatic carboxylic acids is 1. The smallest absolute Gasteiger partial charge is 0.377 e. The average Bonchev–Trinajstić information content (AvgIpc) is 2.61. The summed E-state index contributed by atoms with van der Waals surface area (Å²) in [5.41, 5.74) is 1.96. The third kappa shape index (κ3) is 1.62. The van der Waals surface area contributed by atoms with Crippen molar-refractivity contribution in [3.63, 3.8) is 0 Å². The largest absolute Gasteiger partial charge is 0.475 e. The van der Waals surface area contributed by atoms with Gasteiger partial charge >= 0.3 is 5.97 Å². The van der Waals surface area contributed by atoms with Crippen molar-refractivity contribution in [1.82, 2.24) is 4.57 Å². The first-order valence-corrected chi connectivity index (χ1v) is 5.41. The van der Waals surface area contributed by atoms with E-state index in [2.05, 4.69) is 0 Å². The number of aromatic nitrogens is 1. The molecule has 0 saturated heterocycles. The molecular weight excluding hydrogens is 218 g/mol. The highest BCUT2D eigenvalue weighted by Gasteiger charge is 2.24. The SMILES string of the molecule is CCc1c(C(=O)C(=O)O)c2ccccc2n1C. The Labute approximate surface area is 98.5 Å². The summed E-state index contributed by atoms with van der Waals surface area (Å²) in [6.45, 7) is 1.91. The molecule has 0 aliphatic heterocycles. The fourth-order valence-electron chi connectivity index (χ4n) is 2.22. The van der Waals surface area contributed by atoms with Crippen LogP contribution in [0.2, 0.25) is 0 Å². The fourth-order valence-corrected chi connectivity index (χ4v) is 2.22. The number of ketones is 1. The second-order valence-electron chi connectivity index (χ2n) is 3.89. The number of fused-ring (bicyclic) bond motifs is 1. The second kappa shape index (κ2) is 4.05. The molecule has 0 bridgehead atoms. The van der Waals surface area contributed by atoms with Crippen molar-refractivity contribution in [3.8, 4) is 0 Å². The Morgan fingerprint density at radius 2 is 1.94 bits per heavy atom. The molecule has 0 fully saturated rings. The third-order valence-corrected chi connectivity index (χ3v) is 2.98. The van der Waals surface area contributed by atoms with E-state index in [1.54, 1.807) is 12.1 Å². The van der Waals surface area contributed by atoms with Gasteiger partial charge in [0.15, 0.2) is 0 Å². The van der Waals surface area contributed by atoms with Crippen LogP contribution in [-0.4, -0.2) is 21.4 Å². The number of hydrogen-bond donors (Lipinski definition) is 1. The van der Waals surface area contributed by atoms with E-state index >= 15 is 0 Å². The molecule has 2 rings (SSSR count). The molecule has 88 valence electrons. The van der Waals surface area contributed by atoms with Gasteiger partial charge in [-0.1, -0.05) is 25.1 Å². The Morgan fingerprint density at radius 3 is 2.53 bits per heavy atom. The lowest BCUT2D eigenvalue weighted by molar-refractivity contribution is -0.131. The Morgan fingerprint density at radius 1 is 1.29 bits per heavy atom. The van der Waals surface area contributed by atoms with E-state index in [1.807, 2.05) is 30.7 Å². The number of rotatable bonds is 3. The van der Waals surface area contributed by atoms with Crippen LogP contribution in [0.4, 0.5) is 0 Å². The molecule has 2 aromatic rings. The van der Waals surface area contributed by atoms with Crippen LogP contribution in [0.1, 0.15) is 23.0 Å². The first kappa shape index (κ1) is 11.4. The monoisotopic (exact) mass is 231 g/mol. The predicted octanol–water partition coefficient (Wildman–Crippen LogP) is 2.01. The number of para-hydroxylation sites is 1. The van der Waals surface area contributed by atoms with Crippen molar-refractivity contribution in [3.05, 3.63) is 35.5 Å². The molecule has 1 N–H and O–H groups in total. The topological polar surface area (TPSA) is 59.3 Å². The van der Waals surface area contributed by atoms with Crippen molar-refractivity contribution in [2.75, 3.05) is 0 Å². The van der Waals surface area contributed by atoms with Crippen LogP contribution in [0, 0.1) is 0 Å². The molecule has 1 heterocycles. The van der Waals surface area contributed by atoms with Crippen LogP contribution in [-0.2, 0) is 18.3 Å². The molecule has 1 aromatic carbocycles. The third-order valence-electron chi connectivity index (χ3n) is 2.98. The van der Waals surface area contributed by atoms with E-state index in [0.717, 1.165) is 11.2 Å². The minimum atomic E-state index is -1.41. The molecule has 0 atom stereocenters. The van der Waals surface area contributed by atoms with Gasteiger partial charge in [0.1, 0.15) is 0 Å². The number of aryl methyl sites for hydroxylation is 1. The van der Waals surface area contributed by atoms with E-state index < -0.39 is 11.8 Å². The lowest BCUT2D eigenvalue weighted by Crippen LogP contribution is -2.14. The average molecular weight is 231 g/mol. The Bertz CT molecular complexity index is 610. The van der Waals surface area contributed by atoms with Gasteiger partial charge in [-0.3, -0.25) is 4.79 Å².